The van der Waals surface area contributed by atoms with Crippen molar-refractivity contribution in [1.29, 1.82) is 0 Å². The number of rotatable bonds is 3. The molecule has 0 saturated carbocycles. The number of benzene rings is 1. The first kappa shape index (κ1) is 16.6. The van der Waals surface area contributed by atoms with Crippen LogP contribution < -0.4 is 15.4 Å². The lowest BCUT2D eigenvalue weighted by atomic mass is 10.1. The van der Waals surface area contributed by atoms with Crippen LogP contribution in [0.5, 0.6) is 5.75 Å². The molecule has 1 aromatic rings. The van der Waals surface area contributed by atoms with E-state index >= 15 is 0 Å². The number of imide groups is 1. The summed E-state index contributed by atoms with van der Waals surface area (Å²) in [6.07, 6.45) is -5.22. The first-order valence-electron chi connectivity index (χ1n) is 6.26. The van der Waals surface area contributed by atoms with Crippen LogP contribution >= 0.6 is 0 Å². The number of carbonyl (C=O) groups is 3. The van der Waals surface area contributed by atoms with E-state index in [0.29, 0.717) is 0 Å². The number of nitrogens with zero attached hydrogens (tertiary/aromatic N) is 1. The summed E-state index contributed by atoms with van der Waals surface area (Å²) in [6, 6.07) is 4.07. The van der Waals surface area contributed by atoms with Crippen molar-refractivity contribution in [3.8, 4) is 5.75 Å². The Labute approximate surface area is 128 Å². The molecule has 23 heavy (non-hydrogen) atoms. The molecule has 1 unspecified atom stereocenters. The highest BCUT2D eigenvalue weighted by Crippen LogP contribution is 2.33. The Morgan fingerprint density at radius 1 is 1.35 bits per heavy atom. The normalized spacial score (nSPS) is 21.2. The van der Waals surface area contributed by atoms with Gasteiger partial charge in [-0.1, -0.05) is 6.07 Å². The molecule has 1 aromatic carbocycles. The molecule has 124 valence electrons. The van der Waals surface area contributed by atoms with Gasteiger partial charge < -0.3 is 10.1 Å². The van der Waals surface area contributed by atoms with Gasteiger partial charge in [-0.15, -0.1) is 0 Å². The number of urea groups is 1. The molecule has 1 aliphatic heterocycles. The predicted octanol–water partition coefficient (Wildman–Crippen LogP) is 0.865. The number of methoxy groups -OCH3 is 1. The number of alkyl halides is 3. The summed E-state index contributed by atoms with van der Waals surface area (Å²) in [7, 11) is 2.20. The molecule has 4 amide bonds. The number of ether oxygens (including phenoxy) is 1. The number of likely N-dealkylation sites (N-methyl/N-ethyl adjacent to an activating group) is 1. The van der Waals surface area contributed by atoms with Gasteiger partial charge in [-0.2, -0.15) is 13.2 Å². The third kappa shape index (κ3) is 2.67. The Hall–Kier alpha value is -2.78. The zero-order valence-electron chi connectivity index (χ0n) is 12.0. The molecular formula is C13H12F3N3O4. The van der Waals surface area contributed by atoms with E-state index < -0.39 is 29.7 Å². The van der Waals surface area contributed by atoms with E-state index in [9.17, 15) is 27.6 Å². The Bertz CT molecular complexity index is 677. The van der Waals surface area contributed by atoms with Gasteiger partial charge in [0.1, 0.15) is 5.75 Å². The lowest BCUT2D eigenvalue weighted by Gasteiger charge is -2.29. The third-order valence-electron chi connectivity index (χ3n) is 3.28. The summed E-state index contributed by atoms with van der Waals surface area (Å²) in [5.41, 5.74) is -3.66. The molecule has 2 rings (SSSR count). The van der Waals surface area contributed by atoms with Crippen molar-refractivity contribution in [2.45, 2.75) is 11.8 Å². The van der Waals surface area contributed by atoms with E-state index in [-0.39, 0.29) is 16.2 Å². The molecule has 10 heteroatoms. The number of hydrogen-bond acceptors (Lipinski definition) is 4. The molecule has 7 nitrogen and oxygen atoms in total. The molecule has 1 fully saturated rings. The fraction of sp³-hybridized carbons (Fsp3) is 0.308. The topological polar surface area (TPSA) is 87.7 Å². The van der Waals surface area contributed by atoms with Gasteiger partial charge in [0, 0.05) is 12.6 Å². The van der Waals surface area contributed by atoms with E-state index in [0.717, 1.165) is 7.05 Å². The van der Waals surface area contributed by atoms with Crippen molar-refractivity contribution in [2.24, 2.45) is 0 Å². The maximum absolute atomic E-state index is 13.3. The minimum Gasteiger partial charge on any atom is -0.497 e. The summed E-state index contributed by atoms with van der Waals surface area (Å²) in [4.78, 5) is 35.6. The maximum Gasteiger partial charge on any atom is 0.440 e. The monoisotopic (exact) mass is 331 g/mol. The van der Waals surface area contributed by atoms with Crippen LogP contribution in [0.2, 0.25) is 0 Å². The molecule has 1 heterocycles. The van der Waals surface area contributed by atoms with Gasteiger partial charge in [0.25, 0.3) is 17.5 Å². The number of hydrogen-bond donors (Lipinski definition) is 2. The van der Waals surface area contributed by atoms with Crippen molar-refractivity contribution in [3.05, 3.63) is 29.8 Å². The van der Waals surface area contributed by atoms with Gasteiger partial charge in [-0.3, -0.25) is 19.8 Å². The Morgan fingerprint density at radius 3 is 2.48 bits per heavy atom. The molecule has 1 atom stereocenters. The highest BCUT2D eigenvalue weighted by atomic mass is 19.4. The smallest absolute Gasteiger partial charge is 0.440 e. The minimum absolute atomic E-state index is 0.162. The maximum atomic E-state index is 13.3. The van der Waals surface area contributed by atoms with E-state index in [1.807, 2.05) is 0 Å². The van der Waals surface area contributed by atoms with Crippen LogP contribution in [0.15, 0.2) is 24.3 Å². The summed E-state index contributed by atoms with van der Waals surface area (Å²) < 4.78 is 44.9. The number of amides is 4. The summed E-state index contributed by atoms with van der Waals surface area (Å²) >= 11 is 0. The second-order valence-corrected chi connectivity index (χ2v) is 4.73. The molecule has 2 N–H and O–H groups in total. The van der Waals surface area contributed by atoms with Crippen molar-refractivity contribution < 1.29 is 32.3 Å². The van der Waals surface area contributed by atoms with E-state index in [4.69, 9.17) is 4.74 Å². The van der Waals surface area contributed by atoms with Crippen LogP contribution in [0.1, 0.15) is 10.4 Å². The Morgan fingerprint density at radius 2 is 2.00 bits per heavy atom. The van der Waals surface area contributed by atoms with Crippen LogP contribution in [-0.2, 0) is 4.79 Å². The number of carbonyl (C=O) groups excluding carboxylic acids is 3. The zero-order chi connectivity index (χ0) is 17.4. The lowest BCUT2D eigenvalue weighted by molar-refractivity contribution is -0.199. The zero-order valence-corrected chi connectivity index (χ0v) is 12.0. The molecule has 0 bridgehead atoms. The minimum atomic E-state index is -5.22. The van der Waals surface area contributed by atoms with E-state index in [2.05, 4.69) is 0 Å². The van der Waals surface area contributed by atoms with Gasteiger partial charge in [0.15, 0.2) is 0 Å². The SMILES string of the molecule is COc1cccc(C(=O)NC2(C(F)(F)F)NC(=O)N(C)C2=O)c1. The fourth-order valence-electron chi connectivity index (χ4n) is 2.00. The molecular weight excluding hydrogens is 319 g/mol. The van der Waals surface area contributed by atoms with Crippen LogP contribution in [0.4, 0.5) is 18.0 Å². The highest BCUT2D eigenvalue weighted by molar-refractivity contribution is 6.10. The fourth-order valence-corrected chi connectivity index (χ4v) is 2.00. The summed E-state index contributed by atoms with van der Waals surface area (Å²) in [5.74, 6) is -2.56. The Balaban J connectivity index is 2.38. The average Bonchev–Trinajstić information content (AvgIpc) is 2.72. The number of halogens is 3. The van der Waals surface area contributed by atoms with Crippen molar-refractivity contribution in [1.82, 2.24) is 15.5 Å². The molecule has 1 saturated heterocycles. The number of nitrogens with one attached hydrogen (secondary N) is 2. The summed E-state index contributed by atoms with van der Waals surface area (Å²) in [6.45, 7) is 0. The molecule has 0 spiro atoms. The first-order valence-corrected chi connectivity index (χ1v) is 6.26. The second kappa shape index (κ2) is 5.45. The molecule has 0 aromatic heterocycles. The first-order chi connectivity index (χ1) is 10.6. The van der Waals surface area contributed by atoms with Crippen molar-refractivity contribution >= 4 is 17.8 Å². The predicted molar refractivity (Wildman–Crippen MR) is 70.5 cm³/mol. The lowest BCUT2D eigenvalue weighted by Crippen LogP contribution is -2.69. The van der Waals surface area contributed by atoms with Crippen LogP contribution in [0.25, 0.3) is 0 Å². The van der Waals surface area contributed by atoms with Crippen LogP contribution in [0, 0.1) is 0 Å². The molecule has 0 aliphatic carbocycles. The van der Waals surface area contributed by atoms with Gasteiger partial charge in [0.05, 0.1) is 7.11 Å². The van der Waals surface area contributed by atoms with Gasteiger partial charge in [-0.25, -0.2) is 4.79 Å². The van der Waals surface area contributed by atoms with Gasteiger partial charge in [-0.05, 0) is 18.2 Å². The average molecular weight is 331 g/mol. The van der Waals surface area contributed by atoms with Crippen molar-refractivity contribution in [2.75, 3.05) is 14.2 Å². The highest BCUT2D eigenvalue weighted by Gasteiger charge is 2.68. The van der Waals surface area contributed by atoms with Crippen molar-refractivity contribution in [3.63, 3.8) is 0 Å². The van der Waals surface area contributed by atoms with E-state index in [1.165, 1.54) is 36.7 Å². The van der Waals surface area contributed by atoms with Gasteiger partial charge >= 0.3 is 12.2 Å². The largest absolute Gasteiger partial charge is 0.497 e. The van der Waals surface area contributed by atoms with E-state index in [1.54, 1.807) is 5.32 Å². The summed E-state index contributed by atoms with van der Waals surface area (Å²) in [5, 5.41) is 3.05. The second-order valence-electron chi connectivity index (χ2n) is 4.73. The van der Waals surface area contributed by atoms with Crippen LogP contribution in [0.3, 0.4) is 0 Å². The molecule has 1 aliphatic rings. The quantitative estimate of drug-likeness (QED) is 0.805. The Kier molecular flexibility index (Phi) is 3.93. The standard InChI is InChI=1S/C13H12F3N3O4/c1-19-10(21)12(13(14,15)16,18-11(19)22)17-9(20)7-4-3-5-8(6-7)23-2/h3-6H,1-2H3,(H,17,20)(H,18,22). The third-order valence-corrected chi connectivity index (χ3v) is 3.28. The van der Waals surface area contributed by atoms with Crippen LogP contribution in [-0.4, -0.2) is 48.7 Å². The molecule has 0 radical (unpaired) electrons. The van der Waals surface area contributed by atoms with Gasteiger partial charge in [0.2, 0.25) is 0 Å².